The molecule has 4 heteroatoms. The zero-order valence-electron chi connectivity index (χ0n) is 7.44. The third-order valence-corrected chi connectivity index (χ3v) is 2.42. The van der Waals surface area contributed by atoms with Crippen LogP contribution >= 0.6 is 0 Å². The summed E-state index contributed by atoms with van der Waals surface area (Å²) in [6.07, 6.45) is 3.36. The molecule has 0 aromatic carbocycles. The fourth-order valence-corrected chi connectivity index (χ4v) is 1.61. The number of nitrogens with one attached hydrogen (secondary N) is 1. The maximum absolute atomic E-state index is 12.2. The minimum Gasteiger partial charge on any atom is -0.627 e. The summed E-state index contributed by atoms with van der Waals surface area (Å²) < 4.78 is -0.235. The summed E-state index contributed by atoms with van der Waals surface area (Å²) in [5.41, 5.74) is 0.768. The Hall–Kier alpha value is -0.970. The summed E-state index contributed by atoms with van der Waals surface area (Å²) in [4.78, 5) is 3.97. The number of aromatic nitrogens is 1. The lowest BCUT2D eigenvalue weighted by atomic mass is 10.3. The van der Waals surface area contributed by atoms with Gasteiger partial charge in [-0.1, -0.05) is 0 Å². The second-order valence-electron chi connectivity index (χ2n) is 3.30. The smallest absolute Gasteiger partial charge is 0.151 e. The van der Waals surface area contributed by atoms with Gasteiger partial charge in [-0.15, -0.1) is 0 Å². The molecular formula is C9H13N3O. The van der Waals surface area contributed by atoms with Gasteiger partial charge in [0.25, 0.3) is 0 Å². The van der Waals surface area contributed by atoms with E-state index < -0.39 is 0 Å². The van der Waals surface area contributed by atoms with E-state index in [0.29, 0.717) is 13.1 Å². The van der Waals surface area contributed by atoms with Crippen molar-refractivity contribution in [2.45, 2.75) is 0 Å². The van der Waals surface area contributed by atoms with Gasteiger partial charge in [0.1, 0.15) is 0 Å². The van der Waals surface area contributed by atoms with Gasteiger partial charge < -0.3 is 15.2 Å². The number of hydrogen-bond donors (Lipinski definition) is 1. The monoisotopic (exact) mass is 179 g/mol. The zero-order valence-corrected chi connectivity index (χ0v) is 7.44. The Kier molecular flexibility index (Phi) is 2.26. The highest BCUT2D eigenvalue weighted by Gasteiger charge is 2.22. The van der Waals surface area contributed by atoms with Crippen LogP contribution in [0.4, 0.5) is 5.69 Å². The minimum absolute atomic E-state index is 0.235. The van der Waals surface area contributed by atoms with Gasteiger partial charge >= 0.3 is 0 Å². The molecule has 2 rings (SSSR count). The van der Waals surface area contributed by atoms with Crippen LogP contribution in [0.3, 0.4) is 0 Å². The van der Waals surface area contributed by atoms with Crippen LogP contribution in [0.15, 0.2) is 24.5 Å². The Morgan fingerprint density at radius 3 is 2.77 bits per heavy atom. The molecule has 1 N–H and O–H groups in total. The number of hydrogen-bond acceptors (Lipinski definition) is 3. The van der Waals surface area contributed by atoms with Gasteiger partial charge in [0, 0.05) is 25.4 Å². The maximum Gasteiger partial charge on any atom is 0.151 e. The molecule has 0 bridgehead atoms. The largest absolute Gasteiger partial charge is 0.627 e. The maximum atomic E-state index is 12.2. The van der Waals surface area contributed by atoms with E-state index in [0.717, 1.165) is 18.8 Å². The van der Waals surface area contributed by atoms with Gasteiger partial charge in [-0.05, 0) is 6.07 Å². The van der Waals surface area contributed by atoms with Crippen LogP contribution in [0.2, 0.25) is 0 Å². The SMILES string of the molecule is [O-][N+]1(c2cccnc2)CCNCC1. The molecule has 1 aliphatic rings. The fraction of sp³-hybridized carbons (Fsp3) is 0.444. The predicted octanol–water partition coefficient (Wildman–Crippen LogP) is 0.490. The van der Waals surface area contributed by atoms with Crippen molar-refractivity contribution in [1.29, 1.82) is 0 Å². The predicted molar refractivity (Wildman–Crippen MR) is 52.0 cm³/mol. The van der Waals surface area contributed by atoms with Crippen molar-refractivity contribution in [3.8, 4) is 0 Å². The van der Waals surface area contributed by atoms with Gasteiger partial charge in [0.15, 0.2) is 5.69 Å². The standard InChI is InChI=1S/C9H13N3O/c13-12(6-4-10-5-7-12)9-2-1-3-11-8-9/h1-3,8,10H,4-7H2. The van der Waals surface area contributed by atoms with E-state index in [1.807, 2.05) is 12.1 Å². The molecule has 0 atom stereocenters. The van der Waals surface area contributed by atoms with Crippen molar-refractivity contribution in [2.24, 2.45) is 0 Å². The highest BCUT2D eigenvalue weighted by Crippen LogP contribution is 2.20. The third kappa shape index (κ3) is 1.70. The summed E-state index contributed by atoms with van der Waals surface area (Å²) in [5.74, 6) is 0. The van der Waals surface area contributed by atoms with Crippen molar-refractivity contribution < 1.29 is 0 Å². The van der Waals surface area contributed by atoms with Crippen LogP contribution in [-0.2, 0) is 0 Å². The molecule has 70 valence electrons. The molecule has 1 saturated heterocycles. The van der Waals surface area contributed by atoms with Crippen molar-refractivity contribution in [3.63, 3.8) is 0 Å². The average Bonchev–Trinajstić information content (AvgIpc) is 2.20. The first kappa shape index (κ1) is 8.62. The lowest BCUT2D eigenvalue weighted by Gasteiger charge is -2.44. The lowest BCUT2D eigenvalue weighted by molar-refractivity contribution is 0.320. The fourth-order valence-electron chi connectivity index (χ4n) is 1.61. The molecule has 0 spiro atoms. The summed E-state index contributed by atoms with van der Waals surface area (Å²) in [7, 11) is 0. The topological polar surface area (TPSA) is 48.0 Å². The van der Waals surface area contributed by atoms with Gasteiger partial charge in [-0.3, -0.25) is 4.98 Å². The Morgan fingerprint density at radius 2 is 2.15 bits per heavy atom. The number of nitrogens with zero attached hydrogens (tertiary/aromatic N) is 2. The number of piperazine rings is 1. The lowest BCUT2D eigenvalue weighted by Crippen LogP contribution is -2.55. The summed E-state index contributed by atoms with van der Waals surface area (Å²) in [6, 6.07) is 3.67. The van der Waals surface area contributed by atoms with Crippen molar-refractivity contribution in [2.75, 3.05) is 26.2 Å². The molecule has 1 aromatic heterocycles. The Labute approximate surface area is 77.4 Å². The summed E-state index contributed by atoms with van der Waals surface area (Å²) in [5, 5.41) is 15.4. The molecule has 2 heterocycles. The van der Waals surface area contributed by atoms with Crippen LogP contribution in [0, 0.1) is 5.21 Å². The highest BCUT2D eigenvalue weighted by atomic mass is 16.5. The van der Waals surface area contributed by atoms with Crippen molar-refractivity contribution >= 4 is 5.69 Å². The molecule has 0 unspecified atom stereocenters. The summed E-state index contributed by atoms with van der Waals surface area (Å²) in [6.45, 7) is 2.79. The van der Waals surface area contributed by atoms with Crippen LogP contribution in [-0.4, -0.2) is 31.2 Å². The van der Waals surface area contributed by atoms with Crippen LogP contribution in [0.1, 0.15) is 0 Å². The van der Waals surface area contributed by atoms with E-state index in [1.54, 1.807) is 12.4 Å². The molecule has 13 heavy (non-hydrogen) atoms. The van der Waals surface area contributed by atoms with Gasteiger partial charge in [0.05, 0.1) is 19.3 Å². The molecule has 0 radical (unpaired) electrons. The van der Waals surface area contributed by atoms with Crippen LogP contribution in [0.25, 0.3) is 0 Å². The van der Waals surface area contributed by atoms with Crippen LogP contribution < -0.4 is 9.96 Å². The number of pyridine rings is 1. The van der Waals surface area contributed by atoms with E-state index in [2.05, 4.69) is 10.3 Å². The van der Waals surface area contributed by atoms with E-state index >= 15 is 0 Å². The van der Waals surface area contributed by atoms with Crippen molar-refractivity contribution in [1.82, 2.24) is 14.9 Å². The van der Waals surface area contributed by atoms with E-state index in [1.165, 1.54) is 0 Å². The summed E-state index contributed by atoms with van der Waals surface area (Å²) >= 11 is 0. The molecule has 1 aromatic rings. The molecule has 0 amide bonds. The van der Waals surface area contributed by atoms with Crippen LogP contribution in [0.5, 0.6) is 0 Å². The Morgan fingerprint density at radius 1 is 1.38 bits per heavy atom. The Bertz CT molecular complexity index is 269. The number of rotatable bonds is 1. The van der Waals surface area contributed by atoms with E-state index in [9.17, 15) is 5.21 Å². The second kappa shape index (κ2) is 3.41. The number of hydroxylamine groups is 2. The van der Waals surface area contributed by atoms with E-state index in [-0.39, 0.29) is 4.65 Å². The average molecular weight is 179 g/mol. The molecule has 4 nitrogen and oxygen atoms in total. The Balaban J connectivity index is 2.23. The molecule has 1 fully saturated rings. The van der Waals surface area contributed by atoms with Gasteiger partial charge in [-0.25, -0.2) is 0 Å². The number of quaternary nitrogens is 1. The second-order valence-corrected chi connectivity index (χ2v) is 3.30. The molecular weight excluding hydrogens is 166 g/mol. The normalized spacial score (nSPS) is 21.3. The van der Waals surface area contributed by atoms with Gasteiger partial charge in [0.2, 0.25) is 0 Å². The molecule has 1 aliphatic heterocycles. The quantitative estimate of drug-likeness (QED) is 0.504. The minimum atomic E-state index is -0.235. The van der Waals surface area contributed by atoms with Crippen molar-refractivity contribution in [3.05, 3.63) is 29.7 Å². The highest BCUT2D eigenvalue weighted by molar-refractivity contribution is 5.41. The van der Waals surface area contributed by atoms with E-state index in [4.69, 9.17) is 0 Å². The third-order valence-electron chi connectivity index (χ3n) is 2.42. The zero-order chi connectivity index (χ0) is 9.15. The molecule has 0 saturated carbocycles. The first-order chi connectivity index (χ1) is 6.31. The molecule has 0 aliphatic carbocycles. The first-order valence-electron chi connectivity index (χ1n) is 4.51. The van der Waals surface area contributed by atoms with Gasteiger partial charge in [-0.2, -0.15) is 0 Å². The first-order valence-corrected chi connectivity index (χ1v) is 4.51.